The van der Waals surface area contributed by atoms with Gasteiger partial charge in [-0.25, -0.2) is 9.37 Å². The Morgan fingerprint density at radius 1 is 1.12 bits per heavy atom. The van der Waals surface area contributed by atoms with Gasteiger partial charge in [0.2, 0.25) is 5.13 Å². The van der Waals surface area contributed by atoms with E-state index >= 15 is 0 Å². The molecule has 0 aliphatic heterocycles. The molecule has 0 unspecified atom stereocenters. The first kappa shape index (κ1) is 16.5. The number of rotatable bonds is 4. The van der Waals surface area contributed by atoms with Crippen molar-refractivity contribution in [3.63, 3.8) is 0 Å². The summed E-state index contributed by atoms with van der Waals surface area (Å²) in [6.07, 6.45) is 1.79. The fourth-order valence-corrected chi connectivity index (χ4v) is 3.80. The summed E-state index contributed by atoms with van der Waals surface area (Å²) in [4.78, 5) is 4.50. The second-order valence-electron chi connectivity index (χ2n) is 6.00. The van der Waals surface area contributed by atoms with Crippen molar-refractivity contribution >= 4 is 32.9 Å². The molecule has 4 aromatic rings. The van der Waals surface area contributed by atoms with Crippen LogP contribution in [0, 0.1) is 19.7 Å². The number of para-hydroxylation sites is 1. The van der Waals surface area contributed by atoms with Crippen LogP contribution in [-0.4, -0.2) is 15.8 Å². The largest absolute Gasteiger partial charge is 0.318 e. The lowest BCUT2D eigenvalue weighted by atomic mass is 10.2. The maximum atomic E-state index is 13.2. The van der Waals surface area contributed by atoms with Gasteiger partial charge in [-0.3, -0.25) is 5.43 Å². The van der Waals surface area contributed by atoms with Crippen LogP contribution in [0.15, 0.2) is 59.7 Å². The molecule has 0 saturated heterocycles. The highest BCUT2D eigenvalue weighted by atomic mass is 32.1. The fourth-order valence-electron chi connectivity index (χ4n) is 2.98. The molecule has 2 aromatic heterocycles. The SMILES string of the molecule is Cc1cc(C=NNc2nc3ccccc3s2)c(C)n1-c1ccc(F)cc1. The van der Waals surface area contributed by atoms with Gasteiger partial charge in [0.1, 0.15) is 5.82 Å². The third kappa shape index (κ3) is 3.11. The van der Waals surface area contributed by atoms with Crippen LogP contribution in [-0.2, 0) is 0 Å². The minimum absolute atomic E-state index is 0.238. The standard InChI is InChI=1S/C20H17FN4S/c1-13-11-15(14(2)25(13)17-9-7-16(21)8-10-17)12-22-24-20-23-18-5-3-4-6-19(18)26-20/h3-12H,1-2H3,(H,23,24). The number of nitrogens with zero attached hydrogens (tertiary/aromatic N) is 3. The van der Waals surface area contributed by atoms with Crippen molar-refractivity contribution in [2.24, 2.45) is 5.10 Å². The maximum absolute atomic E-state index is 13.2. The Morgan fingerprint density at radius 2 is 1.88 bits per heavy atom. The highest BCUT2D eigenvalue weighted by molar-refractivity contribution is 7.22. The summed E-state index contributed by atoms with van der Waals surface area (Å²) in [6.45, 7) is 4.05. The van der Waals surface area contributed by atoms with Crippen LogP contribution in [0.1, 0.15) is 17.0 Å². The van der Waals surface area contributed by atoms with Gasteiger partial charge in [0.15, 0.2) is 0 Å². The molecule has 0 amide bonds. The monoisotopic (exact) mass is 364 g/mol. The van der Waals surface area contributed by atoms with Crippen molar-refractivity contribution in [2.75, 3.05) is 5.43 Å². The molecule has 0 aliphatic carbocycles. The van der Waals surface area contributed by atoms with E-state index in [2.05, 4.69) is 26.1 Å². The zero-order valence-electron chi connectivity index (χ0n) is 14.4. The summed E-state index contributed by atoms with van der Waals surface area (Å²) in [5.74, 6) is -0.238. The molecule has 0 fully saturated rings. The predicted molar refractivity (Wildman–Crippen MR) is 106 cm³/mol. The molecule has 1 N–H and O–H groups in total. The molecule has 0 spiro atoms. The number of hydrogen-bond donors (Lipinski definition) is 1. The number of benzene rings is 2. The van der Waals surface area contributed by atoms with Gasteiger partial charge in [-0.2, -0.15) is 5.10 Å². The molecule has 0 saturated carbocycles. The average molecular weight is 364 g/mol. The van der Waals surface area contributed by atoms with E-state index in [0.717, 1.165) is 38.0 Å². The molecule has 4 nitrogen and oxygen atoms in total. The molecular weight excluding hydrogens is 347 g/mol. The Hall–Kier alpha value is -2.99. The van der Waals surface area contributed by atoms with Gasteiger partial charge in [-0.05, 0) is 56.3 Å². The second-order valence-corrected chi connectivity index (χ2v) is 7.03. The summed E-state index contributed by atoms with van der Waals surface area (Å²) in [5, 5.41) is 5.09. The van der Waals surface area contributed by atoms with E-state index in [1.165, 1.54) is 12.1 Å². The van der Waals surface area contributed by atoms with Crippen LogP contribution >= 0.6 is 11.3 Å². The average Bonchev–Trinajstić information content (AvgIpc) is 3.17. The van der Waals surface area contributed by atoms with Gasteiger partial charge in [0, 0.05) is 22.6 Å². The normalized spacial score (nSPS) is 11.5. The fraction of sp³-hybridized carbons (Fsp3) is 0.100. The number of hydrazone groups is 1. The van der Waals surface area contributed by atoms with Gasteiger partial charge in [-0.1, -0.05) is 23.5 Å². The van der Waals surface area contributed by atoms with Gasteiger partial charge >= 0.3 is 0 Å². The molecule has 2 heterocycles. The highest BCUT2D eigenvalue weighted by Crippen LogP contribution is 2.25. The Balaban J connectivity index is 1.57. The van der Waals surface area contributed by atoms with Crippen molar-refractivity contribution < 1.29 is 4.39 Å². The van der Waals surface area contributed by atoms with Crippen molar-refractivity contribution in [3.8, 4) is 5.69 Å². The first-order chi connectivity index (χ1) is 12.6. The van der Waals surface area contributed by atoms with Crippen molar-refractivity contribution in [2.45, 2.75) is 13.8 Å². The second kappa shape index (κ2) is 6.72. The molecule has 6 heteroatoms. The van der Waals surface area contributed by atoms with Crippen LogP contribution in [0.2, 0.25) is 0 Å². The molecule has 4 rings (SSSR count). The van der Waals surface area contributed by atoms with Crippen LogP contribution in [0.25, 0.3) is 15.9 Å². The number of aryl methyl sites for hydroxylation is 1. The summed E-state index contributed by atoms with van der Waals surface area (Å²) in [6, 6.07) is 16.5. The van der Waals surface area contributed by atoms with E-state index in [4.69, 9.17) is 0 Å². The van der Waals surface area contributed by atoms with Crippen LogP contribution < -0.4 is 5.43 Å². The summed E-state index contributed by atoms with van der Waals surface area (Å²) < 4.78 is 16.4. The zero-order chi connectivity index (χ0) is 18.1. The van der Waals surface area contributed by atoms with E-state index in [-0.39, 0.29) is 5.82 Å². The quantitative estimate of drug-likeness (QED) is 0.395. The first-order valence-corrected chi connectivity index (χ1v) is 9.03. The Kier molecular flexibility index (Phi) is 4.26. The number of halogens is 1. The Labute approximate surface area is 154 Å². The number of fused-ring (bicyclic) bond motifs is 1. The highest BCUT2D eigenvalue weighted by Gasteiger charge is 2.09. The number of hydrogen-bond acceptors (Lipinski definition) is 4. The molecule has 2 aromatic carbocycles. The van der Waals surface area contributed by atoms with Gasteiger partial charge in [-0.15, -0.1) is 0 Å². The summed E-state index contributed by atoms with van der Waals surface area (Å²) in [7, 11) is 0. The number of anilines is 1. The maximum Gasteiger partial charge on any atom is 0.204 e. The molecular formula is C20H17FN4S. The molecule has 26 heavy (non-hydrogen) atoms. The predicted octanol–water partition coefficient (Wildman–Crippen LogP) is 5.29. The summed E-state index contributed by atoms with van der Waals surface area (Å²) >= 11 is 1.57. The molecule has 0 atom stereocenters. The Bertz CT molecular complexity index is 1060. The first-order valence-electron chi connectivity index (χ1n) is 8.21. The smallest absolute Gasteiger partial charge is 0.204 e. The Morgan fingerprint density at radius 3 is 2.65 bits per heavy atom. The summed E-state index contributed by atoms with van der Waals surface area (Å²) in [5.41, 5.74) is 8.01. The third-order valence-corrected chi connectivity index (χ3v) is 5.15. The lowest BCUT2D eigenvalue weighted by Crippen LogP contribution is -1.99. The molecule has 0 bridgehead atoms. The van der Waals surface area contributed by atoms with Crippen LogP contribution in [0.4, 0.5) is 9.52 Å². The van der Waals surface area contributed by atoms with Crippen LogP contribution in [0.3, 0.4) is 0 Å². The van der Waals surface area contributed by atoms with E-state index in [0.29, 0.717) is 0 Å². The lowest BCUT2D eigenvalue weighted by molar-refractivity contribution is 0.627. The molecule has 0 radical (unpaired) electrons. The molecule has 0 aliphatic rings. The third-order valence-electron chi connectivity index (χ3n) is 4.21. The number of thiazole rings is 1. The minimum Gasteiger partial charge on any atom is -0.318 e. The van der Waals surface area contributed by atoms with Gasteiger partial charge in [0.05, 0.1) is 16.4 Å². The van der Waals surface area contributed by atoms with Crippen LogP contribution in [0.5, 0.6) is 0 Å². The topological polar surface area (TPSA) is 42.2 Å². The van der Waals surface area contributed by atoms with E-state index in [1.807, 2.05) is 38.1 Å². The minimum atomic E-state index is -0.238. The van der Waals surface area contributed by atoms with E-state index < -0.39 is 0 Å². The van der Waals surface area contributed by atoms with Crippen molar-refractivity contribution in [1.29, 1.82) is 0 Å². The van der Waals surface area contributed by atoms with Crippen molar-refractivity contribution in [3.05, 3.63) is 77.4 Å². The zero-order valence-corrected chi connectivity index (χ0v) is 15.2. The van der Waals surface area contributed by atoms with Gasteiger partial charge < -0.3 is 4.57 Å². The number of aromatic nitrogens is 2. The van der Waals surface area contributed by atoms with Crippen molar-refractivity contribution in [1.82, 2.24) is 9.55 Å². The lowest BCUT2D eigenvalue weighted by Gasteiger charge is -2.09. The van der Waals surface area contributed by atoms with E-state index in [1.54, 1.807) is 29.7 Å². The van der Waals surface area contributed by atoms with E-state index in [9.17, 15) is 4.39 Å². The number of nitrogens with one attached hydrogen (secondary N) is 1. The van der Waals surface area contributed by atoms with Gasteiger partial charge in [0.25, 0.3) is 0 Å². The molecule has 130 valence electrons.